The lowest BCUT2D eigenvalue weighted by molar-refractivity contribution is -0.384. The van der Waals surface area contributed by atoms with Crippen molar-refractivity contribution in [1.29, 1.82) is 0 Å². The van der Waals surface area contributed by atoms with Gasteiger partial charge in [-0.15, -0.1) is 11.3 Å². The van der Waals surface area contributed by atoms with Crippen molar-refractivity contribution in [2.75, 3.05) is 31.1 Å². The van der Waals surface area contributed by atoms with E-state index < -0.39 is 22.4 Å². The smallest absolute Gasteiger partial charge is 0.362 e. The fourth-order valence-corrected chi connectivity index (χ4v) is 5.34. The molecule has 12 heteroatoms. The SMILES string of the molecule is O=C(c1sc2cc(Cl)ccc2c1Cl)N1CCN(c2ccc(C(F)(F)F)cc2[N+](=O)[O-])CC1. The van der Waals surface area contributed by atoms with Crippen LogP contribution in [0.1, 0.15) is 15.2 Å². The van der Waals surface area contributed by atoms with Crippen LogP contribution in [-0.2, 0) is 6.18 Å². The molecular weight excluding hydrogens is 490 g/mol. The minimum Gasteiger partial charge on any atom is -0.362 e. The summed E-state index contributed by atoms with van der Waals surface area (Å²) >= 11 is 13.6. The molecule has 1 fully saturated rings. The summed E-state index contributed by atoms with van der Waals surface area (Å²) in [7, 11) is 0. The lowest BCUT2D eigenvalue weighted by atomic mass is 10.1. The molecule has 0 N–H and O–H groups in total. The number of nitrogens with zero attached hydrogens (tertiary/aromatic N) is 3. The third kappa shape index (κ3) is 4.22. The number of hydrogen-bond donors (Lipinski definition) is 0. The molecule has 1 amide bonds. The topological polar surface area (TPSA) is 66.7 Å². The van der Waals surface area contributed by atoms with Crippen molar-refractivity contribution in [3.63, 3.8) is 0 Å². The van der Waals surface area contributed by atoms with E-state index in [1.165, 1.54) is 11.3 Å². The second kappa shape index (κ2) is 8.42. The summed E-state index contributed by atoms with van der Waals surface area (Å²) in [5.74, 6) is -0.270. The van der Waals surface area contributed by atoms with E-state index >= 15 is 0 Å². The maximum absolute atomic E-state index is 13.0. The molecule has 1 aliphatic rings. The van der Waals surface area contributed by atoms with Crippen LogP contribution in [0, 0.1) is 10.1 Å². The molecule has 1 saturated heterocycles. The van der Waals surface area contributed by atoms with E-state index in [4.69, 9.17) is 23.2 Å². The van der Waals surface area contributed by atoms with Crippen LogP contribution in [0.3, 0.4) is 0 Å². The van der Waals surface area contributed by atoms with E-state index in [1.807, 2.05) is 0 Å². The Morgan fingerprint density at radius 3 is 2.38 bits per heavy atom. The van der Waals surface area contributed by atoms with Gasteiger partial charge in [-0.1, -0.05) is 29.3 Å². The Hall–Kier alpha value is -2.56. The molecule has 2 heterocycles. The molecule has 3 aromatic rings. The molecule has 6 nitrogen and oxygen atoms in total. The van der Waals surface area contributed by atoms with E-state index in [1.54, 1.807) is 28.0 Å². The highest BCUT2D eigenvalue weighted by atomic mass is 35.5. The molecule has 0 unspecified atom stereocenters. The Balaban J connectivity index is 1.53. The van der Waals surface area contributed by atoms with Crippen molar-refractivity contribution >= 4 is 61.9 Å². The number of benzene rings is 2. The average Bonchev–Trinajstić information content (AvgIpc) is 3.07. The zero-order chi connectivity index (χ0) is 23.2. The highest BCUT2D eigenvalue weighted by molar-refractivity contribution is 7.21. The minimum atomic E-state index is -4.68. The Morgan fingerprint density at radius 1 is 1.06 bits per heavy atom. The van der Waals surface area contributed by atoms with Crippen molar-refractivity contribution < 1.29 is 22.9 Å². The standard InChI is InChI=1S/C20H14Cl2F3N3O3S/c21-12-2-3-13-16(10-12)32-18(17(13)22)19(29)27-7-5-26(6-8-27)14-4-1-11(20(23,24)25)9-15(14)28(30)31/h1-4,9-10H,5-8H2. The average molecular weight is 504 g/mol. The molecule has 0 saturated carbocycles. The molecule has 1 aromatic heterocycles. The van der Waals surface area contributed by atoms with Gasteiger partial charge < -0.3 is 9.80 Å². The quantitative estimate of drug-likeness (QED) is 0.320. The van der Waals surface area contributed by atoms with Gasteiger partial charge in [0, 0.05) is 47.4 Å². The van der Waals surface area contributed by atoms with Gasteiger partial charge in [-0.2, -0.15) is 13.2 Å². The van der Waals surface area contributed by atoms with Crippen LogP contribution in [-0.4, -0.2) is 41.9 Å². The molecule has 0 aliphatic carbocycles. The van der Waals surface area contributed by atoms with Gasteiger partial charge >= 0.3 is 6.18 Å². The van der Waals surface area contributed by atoms with Gasteiger partial charge in [0.1, 0.15) is 10.6 Å². The molecule has 1 aliphatic heterocycles. The van der Waals surface area contributed by atoms with Gasteiger partial charge in [-0.05, 0) is 24.3 Å². The predicted molar refractivity (Wildman–Crippen MR) is 118 cm³/mol. The van der Waals surface area contributed by atoms with Crippen LogP contribution in [0.5, 0.6) is 0 Å². The van der Waals surface area contributed by atoms with Gasteiger partial charge in [-0.3, -0.25) is 14.9 Å². The number of thiophene rings is 1. The molecule has 0 radical (unpaired) electrons. The second-order valence-electron chi connectivity index (χ2n) is 7.12. The fourth-order valence-electron chi connectivity index (χ4n) is 3.58. The number of halogens is 5. The van der Waals surface area contributed by atoms with Gasteiger partial charge in [0.05, 0.1) is 15.5 Å². The van der Waals surface area contributed by atoms with E-state index in [-0.39, 0.29) is 37.8 Å². The zero-order valence-corrected chi connectivity index (χ0v) is 18.5. The highest BCUT2D eigenvalue weighted by Crippen LogP contribution is 2.39. The number of alkyl halides is 3. The number of amides is 1. The summed E-state index contributed by atoms with van der Waals surface area (Å²) in [6.07, 6.45) is -4.68. The third-order valence-electron chi connectivity index (χ3n) is 5.19. The first-order valence-corrected chi connectivity index (χ1v) is 10.9. The molecule has 0 bridgehead atoms. The van der Waals surface area contributed by atoms with Gasteiger partial charge in [0.25, 0.3) is 11.6 Å². The van der Waals surface area contributed by atoms with E-state index in [0.717, 1.165) is 22.2 Å². The monoisotopic (exact) mass is 503 g/mol. The molecule has 168 valence electrons. The summed E-state index contributed by atoms with van der Waals surface area (Å²) < 4.78 is 39.6. The van der Waals surface area contributed by atoms with Crippen LogP contribution in [0.2, 0.25) is 10.0 Å². The van der Waals surface area contributed by atoms with Crippen LogP contribution < -0.4 is 4.90 Å². The maximum Gasteiger partial charge on any atom is 0.416 e. The summed E-state index contributed by atoms with van der Waals surface area (Å²) in [6, 6.07) is 7.62. The van der Waals surface area contributed by atoms with Gasteiger partial charge in [-0.25, -0.2) is 0 Å². The number of nitro benzene ring substituents is 1. The summed E-state index contributed by atoms with van der Waals surface area (Å²) in [5.41, 5.74) is -1.62. The largest absolute Gasteiger partial charge is 0.416 e. The van der Waals surface area contributed by atoms with E-state index in [2.05, 4.69) is 0 Å². The molecular formula is C20H14Cl2F3N3O3S. The Kier molecular flexibility index (Phi) is 5.95. The lowest BCUT2D eigenvalue weighted by Crippen LogP contribution is -2.48. The van der Waals surface area contributed by atoms with E-state index in [0.29, 0.717) is 21.0 Å². The Bertz CT molecular complexity index is 1220. The third-order valence-corrected chi connectivity index (χ3v) is 7.07. The fraction of sp³-hybridized carbons (Fsp3) is 0.250. The first-order valence-electron chi connectivity index (χ1n) is 9.33. The Morgan fingerprint density at radius 2 is 1.75 bits per heavy atom. The van der Waals surface area contributed by atoms with Gasteiger partial charge in [0.15, 0.2) is 0 Å². The van der Waals surface area contributed by atoms with Crippen LogP contribution in [0.25, 0.3) is 10.1 Å². The number of hydrogen-bond acceptors (Lipinski definition) is 5. The number of carbonyl (C=O) groups excluding carboxylic acids is 1. The van der Waals surface area contributed by atoms with Crippen LogP contribution in [0.4, 0.5) is 24.5 Å². The van der Waals surface area contributed by atoms with Crippen LogP contribution in [0.15, 0.2) is 36.4 Å². The number of fused-ring (bicyclic) bond motifs is 1. The molecule has 0 atom stereocenters. The first-order chi connectivity index (χ1) is 15.1. The summed E-state index contributed by atoms with van der Waals surface area (Å²) in [4.78, 5) is 27.1. The van der Waals surface area contributed by atoms with Crippen molar-refractivity contribution in [3.05, 3.63) is 67.0 Å². The molecule has 4 rings (SSSR count). The number of anilines is 1. The minimum absolute atomic E-state index is 0.0876. The van der Waals surface area contributed by atoms with Crippen molar-refractivity contribution in [3.8, 4) is 0 Å². The number of nitro groups is 1. The first kappa shape index (κ1) is 22.6. The lowest BCUT2D eigenvalue weighted by Gasteiger charge is -2.35. The van der Waals surface area contributed by atoms with Gasteiger partial charge in [0.2, 0.25) is 0 Å². The van der Waals surface area contributed by atoms with Crippen LogP contribution >= 0.6 is 34.5 Å². The van der Waals surface area contributed by atoms with Crippen molar-refractivity contribution in [2.45, 2.75) is 6.18 Å². The predicted octanol–water partition coefficient (Wildman–Crippen LogP) is 6.10. The normalized spacial score (nSPS) is 14.8. The second-order valence-corrected chi connectivity index (χ2v) is 8.99. The Labute approximate surface area is 193 Å². The van der Waals surface area contributed by atoms with Crippen molar-refractivity contribution in [1.82, 2.24) is 4.90 Å². The number of rotatable bonds is 3. The van der Waals surface area contributed by atoms with E-state index in [9.17, 15) is 28.1 Å². The number of carbonyl (C=O) groups is 1. The number of piperazine rings is 1. The van der Waals surface area contributed by atoms with Crippen molar-refractivity contribution in [2.24, 2.45) is 0 Å². The summed E-state index contributed by atoms with van der Waals surface area (Å²) in [6.45, 7) is 0.934. The highest BCUT2D eigenvalue weighted by Gasteiger charge is 2.35. The summed E-state index contributed by atoms with van der Waals surface area (Å²) in [5, 5.41) is 13.0. The molecule has 2 aromatic carbocycles. The zero-order valence-electron chi connectivity index (χ0n) is 16.2. The maximum atomic E-state index is 13.0. The molecule has 32 heavy (non-hydrogen) atoms. The molecule has 0 spiro atoms.